The van der Waals surface area contributed by atoms with Crippen molar-refractivity contribution in [3.8, 4) is 0 Å². The highest BCUT2D eigenvalue weighted by atomic mass is 15.3. The number of aryl methyl sites for hydroxylation is 1. The van der Waals surface area contributed by atoms with E-state index in [1.165, 1.54) is 0 Å². The molecule has 8 heteroatoms. The SMILES string of the molecule is Cc1ccc(N2CC3CN(c4ncnc5nc[nH]c45)CC3C2)nn1. The van der Waals surface area contributed by atoms with E-state index in [0.29, 0.717) is 11.8 Å². The van der Waals surface area contributed by atoms with E-state index >= 15 is 0 Å². The molecule has 0 saturated carbocycles. The number of hydrogen-bond acceptors (Lipinski definition) is 7. The first kappa shape index (κ1) is 13.6. The summed E-state index contributed by atoms with van der Waals surface area (Å²) in [5.74, 6) is 3.20. The van der Waals surface area contributed by atoms with Gasteiger partial charge in [-0.2, -0.15) is 5.10 Å². The molecule has 2 unspecified atom stereocenters. The Labute approximate surface area is 139 Å². The van der Waals surface area contributed by atoms with Crippen LogP contribution in [-0.4, -0.2) is 56.3 Å². The van der Waals surface area contributed by atoms with E-state index < -0.39 is 0 Å². The number of H-pyrrole nitrogens is 1. The molecule has 5 rings (SSSR count). The van der Waals surface area contributed by atoms with Crippen LogP contribution in [0, 0.1) is 18.8 Å². The van der Waals surface area contributed by atoms with Gasteiger partial charge in [0.15, 0.2) is 17.3 Å². The lowest BCUT2D eigenvalue weighted by Gasteiger charge is -2.22. The lowest BCUT2D eigenvalue weighted by molar-refractivity contribution is 0.533. The van der Waals surface area contributed by atoms with Crippen LogP contribution in [0.1, 0.15) is 5.69 Å². The van der Waals surface area contributed by atoms with Gasteiger partial charge in [-0.1, -0.05) is 0 Å². The Morgan fingerprint density at radius 3 is 2.50 bits per heavy atom. The van der Waals surface area contributed by atoms with Crippen LogP contribution in [0.3, 0.4) is 0 Å². The van der Waals surface area contributed by atoms with Crippen molar-refractivity contribution in [2.45, 2.75) is 6.92 Å². The Morgan fingerprint density at radius 2 is 1.75 bits per heavy atom. The molecular formula is C16H18N8. The predicted octanol–water partition coefficient (Wildman–Crippen LogP) is 1.02. The van der Waals surface area contributed by atoms with E-state index in [-0.39, 0.29) is 0 Å². The highest BCUT2D eigenvalue weighted by molar-refractivity contribution is 5.82. The number of aromatic amines is 1. The first-order chi connectivity index (χ1) is 11.8. The van der Waals surface area contributed by atoms with Crippen LogP contribution in [0.5, 0.6) is 0 Å². The Kier molecular flexibility index (Phi) is 2.91. The van der Waals surface area contributed by atoms with Crippen molar-refractivity contribution < 1.29 is 0 Å². The number of rotatable bonds is 2. The maximum absolute atomic E-state index is 4.48. The van der Waals surface area contributed by atoms with Crippen molar-refractivity contribution in [1.29, 1.82) is 0 Å². The zero-order valence-corrected chi connectivity index (χ0v) is 13.4. The fourth-order valence-corrected chi connectivity index (χ4v) is 3.91. The van der Waals surface area contributed by atoms with Gasteiger partial charge in [0.1, 0.15) is 11.8 Å². The van der Waals surface area contributed by atoms with Crippen LogP contribution >= 0.6 is 0 Å². The topological polar surface area (TPSA) is 86.7 Å². The fraction of sp³-hybridized carbons (Fsp3) is 0.438. The quantitative estimate of drug-likeness (QED) is 0.754. The van der Waals surface area contributed by atoms with Gasteiger partial charge in [-0.05, 0) is 19.1 Å². The molecule has 0 aliphatic carbocycles. The highest BCUT2D eigenvalue weighted by Crippen LogP contribution is 2.36. The Bertz CT molecular complexity index is 859. The van der Waals surface area contributed by atoms with Crippen molar-refractivity contribution in [2.24, 2.45) is 11.8 Å². The molecule has 0 radical (unpaired) electrons. The Balaban J connectivity index is 1.35. The van der Waals surface area contributed by atoms with E-state index in [4.69, 9.17) is 0 Å². The zero-order valence-electron chi connectivity index (χ0n) is 13.4. The monoisotopic (exact) mass is 322 g/mol. The van der Waals surface area contributed by atoms with Crippen molar-refractivity contribution in [3.63, 3.8) is 0 Å². The highest BCUT2D eigenvalue weighted by Gasteiger charge is 2.41. The van der Waals surface area contributed by atoms with Gasteiger partial charge in [0.25, 0.3) is 0 Å². The van der Waals surface area contributed by atoms with E-state index in [1.807, 2.05) is 13.0 Å². The molecular weight excluding hydrogens is 304 g/mol. The normalized spacial score (nSPS) is 23.2. The third-order valence-electron chi connectivity index (χ3n) is 5.10. The summed E-state index contributed by atoms with van der Waals surface area (Å²) in [6, 6.07) is 4.10. The van der Waals surface area contributed by atoms with Crippen LogP contribution in [0.25, 0.3) is 11.2 Å². The minimum absolute atomic E-state index is 0.626. The van der Waals surface area contributed by atoms with Gasteiger partial charge in [0.05, 0.1) is 12.0 Å². The number of imidazole rings is 1. The van der Waals surface area contributed by atoms with E-state index in [0.717, 1.165) is 54.7 Å². The number of hydrogen-bond donors (Lipinski definition) is 1. The molecule has 2 aliphatic heterocycles. The number of aromatic nitrogens is 6. The summed E-state index contributed by atoms with van der Waals surface area (Å²) in [7, 11) is 0. The second kappa shape index (κ2) is 5.12. The molecule has 3 aromatic heterocycles. The van der Waals surface area contributed by atoms with Gasteiger partial charge in [-0.25, -0.2) is 15.0 Å². The maximum Gasteiger partial charge on any atom is 0.182 e. The van der Waals surface area contributed by atoms with E-state index in [9.17, 15) is 0 Å². The van der Waals surface area contributed by atoms with E-state index in [2.05, 4.69) is 46.0 Å². The number of anilines is 2. The number of nitrogens with zero attached hydrogens (tertiary/aromatic N) is 7. The summed E-state index contributed by atoms with van der Waals surface area (Å²) in [5.41, 5.74) is 2.61. The standard InChI is InChI=1S/C16H18N8/c1-10-2-3-13(22-21-10)23-4-11-6-24(7-12(11)5-23)16-14-15(18-8-17-14)19-9-20-16/h2-3,8-9,11-12H,4-7H2,1H3,(H,17,18,19,20). The van der Waals surface area contributed by atoms with Crippen molar-refractivity contribution in [3.05, 3.63) is 30.5 Å². The second-order valence-corrected chi connectivity index (χ2v) is 6.66. The molecule has 5 heterocycles. The van der Waals surface area contributed by atoms with Gasteiger partial charge in [-0.15, -0.1) is 5.10 Å². The lowest BCUT2D eigenvalue weighted by atomic mass is 10.0. The van der Waals surface area contributed by atoms with Crippen LogP contribution in [0.2, 0.25) is 0 Å². The average Bonchev–Trinajstić information content (AvgIpc) is 3.29. The number of fused-ring (bicyclic) bond motifs is 2. The summed E-state index contributed by atoms with van der Waals surface area (Å²) in [5, 5.41) is 8.51. The summed E-state index contributed by atoms with van der Waals surface area (Å²) in [6.45, 7) is 6.02. The molecule has 0 spiro atoms. The zero-order chi connectivity index (χ0) is 16.1. The molecule has 3 aromatic rings. The van der Waals surface area contributed by atoms with Crippen LogP contribution < -0.4 is 9.80 Å². The van der Waals surface area contributed by atoms with Gasteiger partial charge < -0.3 is 14.8 Å². The van der Waals surface area contributed by atoms with Crippen molar-refractivity contribution in [2.75, 3.05) is 36.0 Å². The largest absolute Gasteiger partial charge is 0.354 e. The van der Waals surface area contributed by atoms with Crippen LogP contribution in [-0.2, 0) is 0 Å². The van der Waals surface area contributed by atoms with E-state index in [1.54, 1.807) is 12.7 Å². The van der Waals surface area contributed by atoms with Crippen LogP contribution in [0.15, 0.2) is 24.8 Å². The minimum atomic E-state index is 0.626. The molecule has 8 nitrogen and oxygen atoms in total. The van der Waals surface area contributed by atoms with Crippen molar-refractivity contribution >= 4 is 22.8 Å². The van der Waals surface area contributed by atoms with Gasteiger partial charge in [0, 0.05) is 38.0 Å². The smallest absolute Gasteiger partial charge is 0.182 e. The molecule has 2 fully saturated rings. The van der Waals surface area contributed by atoms with Gasteiger partial charge in [0.2, 0.25) is 0 Å². The maximum atomic E-state index is 4.48. The number of nitrogens with one attached hydrogen (secondary N) is 1. The first-order valence-corrected chi connectivity index (χ1v) is 8.22. The summed E-state index contributed by atoms with van der Waals surface area (Å²) in [6.07, 6.45) is 3.28. The molecule has 0 amide bonds. The average molecular weight is 322 g/mol. The molecule has 2 atom stereocenters. The lowest BCUT2D eigenvalue weighted by Crippen LogP contribution is -2.30. The fourth-order valence-electron chi connectivity index (χ4n) is 3.91. The molecule has 1 N–H and O–H groups in total. The summed E-state index contributed by atoms with van der Waals surface area (Å²) < 4.78 is 0. The summed E-state index contributed by atoms with van der Waals surface area (Å²) in [4.78, 5) is 20.8. The Hall–Kier alpha value is -2.77. The molecule has 0 aromatic carbocycles. The minimum Gasteiger partial charge on any atom is -0.354 e. The third-order valence-corrected chi connectivity index (χ3v) is 5.10. The Morgan fingerprint density at radius 1 is 0.958 bits per heavy atom. The van der Waals surface area contributed by atoms with Gasteiger partial charge in [-0.3, -0.25) is 0 Å². The molecule has 122 valence electrons. The molecule has 0 bridgehead atoms. The first-order valence-electron chi connectivity index (χ1n) is 8.22. The van der Waals surface area contributed by atoms with Gasteiger partial charge >= 0.3 is 0 Å². The predicted molar refractivity (Wildman–Crippen MR) is 89.9 cm³/mol. The third kappa shape index (κ3) is 2.10. The second-order valence-electron chi connectivity index (χ2n) is 6.66. The molecule has 24 heavy (non-hydrogen) atoms. The summed E-state index contributed by atoms with van der Waals surface area (Å²) >= 11 is 0. The van der Waals surface area contributed by atoms with Crippen molar-refractivity contribution in [1.82, 2.24) is 30.1 Å². The van der Waals surface area contributed by atoms with Crippen LogP contribution in [0.4, 0.5) is 11.6 Å². The molecule has 2 saturated heterocycles. The molecule has 2 aliphatic rings.